The number of aromatic amines is 1. The molecule has 5 rings (SSSR count). The summed E-state index contributed by atoms with van der Waals surface area (Å²) in [4.78, 5) is 22.1. The van der Waals surface area contributed by atoms with E-state index < -0.39 is 23.5 Å². The van der Waals surface area contributed by atoms with Crippen LogP contribution in [0.4, 0.5) is 17.6 Å². The molecule has 3 aromatic rings. The first-order chi connectivity index (χ1) is 16.5. The molecular weight excluding hydrogens is 466 g/mol. The van der Waals surface area contributed by atoms with E-state index in [9.17, 15) is 23.1 Å². The number of rotatable bonds is 3. The highest BCUT2D eigenvalue weighted by atomic mass is 19.4. The Kier molecular flexibility index (Phi) is 5.74. The molecule has 2 N–H and O–H groups in total. The van der Waals surface area contributed by atoms with Gasteiger partial charge in [-0.25, -0.2) is 9.37 Å². The van der Waals surface area contributed by atoms with Gasteiger partial charge >= 0.3 is 6.36 Å². The molecule has 1 amide bonds. The second-order valence-corrected chi connectivity index (χ2v) is 9.64. The fraction of sp³-hybridized carbons (Fsp3) is 0.440. The highest BCUT2D eigenvalue weighted by molar-refractivity contribution is 5.94. The van der Waals surface area contributed by atoms with Crippen LogP contribution in [0.2, 0.25) is 0 Å². The summed E-state index contributed by atoms with van der Waals surface area (Å²) >= 11 is 0. The zero-order valence-corrected chi connectivity index (χ0v) is 19.1. The lowest BCUT2D eigenvalue weighted by molar-refractivity contribution is -0.274. The third-order valence-corrected chi connectivity index (χ3v) is 7.00. The van der Waals surface area contributed by atoms with Crippen LogP contribution in [0.3, 0.4) is 0 Å². The molecule has 0 radical (unpaired) electrons. The van der Waals surface area contributed by atoms with Crippen LogP contribution in [-0.2, 0) is 12.8 Å². The Morgan fingerprint density at radius 2 is 1.91 bits per heavy atom. The molecule has 1 aliphatic heterocycles. The largest absolute Gasteiger partial charge is 0.573 e. The summed E-state index contributed by atoms with van der Waals surface area (Å²) in [5.41, 5.74) is 2.49. The molecule has 1 aromatic carbocycles. The Morgan fingerprint density at radius 1 is 1.23 bits per heavy atom. The number of aryl methyl sites for hydroxylation is 1. The van der Waals surface area contributed by atoms with Crippen molar-refractivity contribution in [3.63, 3.8) is 0 Å². The number of nitrogens with one attached hydrogen (secondary N) is 1. The number of aromatic nitrogens is 2. The number of H-pyrrole nitrogens is 1. The first kappa shape index (κ1) is 23.6. The lowest BCUT2D eigenvalue weighted by atomic mass is 9.81. The number of hydrogen-bond acceptors (Lipinski definition) is 4. The number of hydrogen-bond donors (Lipinski definition) is 2. The first-order valence-electron chi connectivity index (χ1n) is 11.6. The number of ether oxygens (including phenoxy) is 1. The Labute approximate surface area is 198 Å². The first-order valence-corrected chi connectivity index (χ1v) is 11.6. The number of carbonyl (C=O) groups is 1. The van der Waals surface area contributed by atoms with Crippen molar-refractivity contribution >= 4 is 16.9 Å². The summed E-state index contributed by atoms with van der Waals surface area (Å²) < 4.78 is 56.0. The summed E-state index contributed by atoms with van der Waals surface area (Å²) in [7, 11) is 0. The van der Waals surface area contributed by atoms with E-state index in [-0.39, 0.29) is 17.4 Å². The average molecular weight is 491 g/mol. The number of amides is 1. The minimum atomic E-state index is -4.80. The maximum absolute atomic E-state index is 15.1. The number of nitrogens with zero attached hydrogens (tertiary/aromatic N) is 2. The Bertz CT molecular complexity index is 1260. The number of alkyl halides is 3. The Morgan fingerprint density at radius 3 is 2.57 bits per heavy atom. The van der Waals surface area contributed by atoms with Gasteiger partial charge in [0.1, 0.15) is 17.2 Å². The monoisotopic (exact) mass is 491 g/mol. The molecule has 0 bridgehead atoms. The lowest BCUT2D eigenvalue weighted by Gasteiger charge is -2.33. The number of halogens is 4. The van der Waals surface area contributed by atoms with E-state index in [4.69, 9.17) is 0 Å². The van der Waals surface area contributed by atoms with Gasteiger partial charge in [-0.1, -0.05) is 0 Å². The molecule has 2 aliphatic rings. The van der Waals surface area contributed by atoms with Crippen LogP contribution < -0.4 is 4.74 Å². The number of benzene rings is 1. The van der Waals surface area contributed by atoms with E-state index in [0.717, 1.165) is 28.8 Å². The van der Waals surface area contributed by atoms with Gasteiger partial charge < -0.3 is 19.7 Å². The van der Waals surface area contributed by atoms with Gasteiger partial charge in [-0.2, -0.15) is 0 Å². The molecule has 0 spiro atoms. The summed E-state index contributed by atoms with van der Waals surface area (Å²) in [5, 5.41) is 11.4. The third-order valence-electron chi connectivity index (χ3n) is 7.00. The molecule has 35 heavy (non-hydrogen) atoms. The van der Waals surface area contributed by atoms with Gasteiger partial charge in [-0.3, -0.25) is 4.79 Å². The number of likely N-dealkylation sites (tertiary alicyclic amines) is 1. The zero-order valence-electron chi connectivity index (χ0n) is 19.1. The fourth-order valence-corrected chi connectivity index (χ4v) is 5.30. The van der Waals surface area contributed by atoms with Crippen molar-refractivity contribution in [1.29, 1.82) is 0 Å². The normalized spacial score (nSPS) is 21.3. The number of piperidine rings is 1. The summed E-state index contributed by atoms with van der Waals surface area (Å²) in [5.74, 6) is -1.20. The molecule has 0 saturated carbocycles. The fourth-order valence-electron chi connectivity index (χ4n) is 5.30. The Balaban J connectivity index is 1.34. The second kappa shape index (κ2) is 8.51. The quantitative estimate of drug-likeness (QED) is 0.513. The maximum Gasteiger partial charge on any atom is 0.573 e. The standard InChI is InChI=1S/C25H25F4N3O3/c1-24(34)9-6-19-17(12-24)21-20(18(26)13-30-22(21)31-19)14-7-10-32(11-8-14)23(33)15-2-4-16(5-3-15)35-25(27,28)29/h2-5,13-14,34H,6-12H2,1H3,(H,30,31). The predicted molar refractivity (Wildman–Crippen MR) is 120 cm³/mol. The smallest absolute Gasteiger partial charge is 0.406 e. The molecule has 6 nitrogen and oxygen atoms in total. The maximum atomic E-state index is 15.1. The highest BCUT2D eigenvalue weighted by Gasteiger charge is 2.34. The van der Waals surface area contributed by atoms with Gasteiger partial charge in [0, 0.05) is 41.7 Å². The van der Waals surface area contributed by atoms with Crippen LogP contribution in [0.5, 0.6) is 5.75 Å². The molecule has 186 valence electrons. The summed E-state index contributed by atoms with van der Waals surface area (Å²) in [6, 6.07) is 4.83. The number of carbonyl (C=O) groups excluding carboxylic acids is 1. The minimum absolute atomic E-state index is 0.126. The van der Waals surface area contributed by atoms with E-state index >= 15 is 4.39 Å². The van der Waals surface area contributed by atoms with Gasteiger partial charge in [0.25, 0.3) is 5.91 Å². The molecule has 10 heteroatoms. The van der Waals surface area contributed by atoms with Crippen LogP contribution in [0.15, 0.2) is 30.5 Å². The molecule has 1 saturated heterocycles. The Hall–Kier alpha value is -3.14. The SMILES string of the molecule is CC1(O)CCc2[nH]c3ncc(F)c(C4CCN(C(=O)c5ccc(OC(F)(F)F)cc5)CC4)c3c2C1. The van der Waals surface area contributed by atoms with E-state index in [1.54, 1.807) is 11.8 Å². The van der Waals surface area contributed by atoms with Crippen molar-refractivity contribution in [3.8, 4) is 5.75 Å². The number of aliphatic hydroxyl groups is 1. The van der Waals surface area contributed by atoms with E-state index in [2.05, 4.69) is 14.7 Å². The molecule has 1 atom stereocenters. The van der Waals surface area contributed by atoms with Gasteiger partial charge in [0.15, 0.2) is 0 Å². The number of pyridine rings is 1. The number of fused-ring (bicyclic) bond motifs is 3. The van der Waals surface area contributed by atoms with Crippen molar-refractivity contribution in [3.05, 3.63) is 58.7 Å². The van der Waals surface area contributed by atoms with Crippen molar-refractivity contribution in [1.82, 2.24) is 14.9 Å². The third kappa shape index (κ3) is 4.71. The molecular formula is C25H25F4N3O3. The van der Waals surface area contributed by atoms with Gasteiger partial charge in [0.05, 0.1) is 11.8 Å². The topological polar surface area (TPSA) is 78.5 Å². The van der Waals surface area contributed by atoms with E-state index in [1.807, 2.05) is 0 Å². The predicted octanol–water partition coefficient (Wildman–Crippen LogP) is 4.86. The highest BCUT2D eigenvalue weighted by Crippen LogP contribution is 2.40. The minimum Gasteiger partial charge on any atom is -0.406 e. The lowest BCUT2D eigenvalue weighted by Crippen LogP contribution is -2.38. The van der Waals surface area contributed by atoms with Crippen LogP contribution in [0.1, 0.15) is 59.3 Å². The molecule has 1 fully saturated rings. The van der Waals surface area contributed by atoms with Crippen molar-refractivity contribution in [2.45, 2.75) is 56.9 Å². The molecule has 1 unspecified atom stereocenters. The van der Waals surface area contributed by atoms with Crippen LogP contribution >= 0.6 is 0 Å². The van der Waals surface area contributed by atoms with Crippen molar-refractivity contribution in [2.24, 2.45) is 0 Å². The van der Waals surface area contributed by atoms with Crippen molar-refractivity contribution < 1.29 is 32.2 Å². The van der Waals surface area contributed by atoms with Gasteiger partial charge in [-0.15, -0.1) is 13.2 Å². The molecule has 3 heterocycles. The molecule has 2 aromatic heterocycles. The van der Waals surface area contributed by atoms with Gasteiger partial charge in [-0.05, 0) is 68.4 Å². The van der Waals surface area contributed by atoms with E-state index in [1.165, 1.54) is 18.3 Å². The van der Waals surface area contributed by atoms with Crippen LogP contribution in [0, 0.1) is 5.82 Å². The van der Waals surface area contributed by atoms with E-state index in [0.29, 0.717) is 56.4 Å². The molecule has 1 aliphatic carbocycles. The second-order valence-electron chi connectivity index (χ2n) is 9.64. The van der Waals surface area contributed by atoms with Crippen LogP contribution in [-0.4, -0.2) is 50.9 Å². The average Bonchev–Trinajstić information content (AvgIpc) is 3.15. The summed E-state index contributed by atoms with van der Waals surface area (Å²) in [6.45, 7) is 2.56. The summed E-state index contributed by atoms with van der Waals surface area (Å²) in [6.07, 6.45) is -0.796. The van der Waals surface area contributed by atoms with Crippen LogP contribution in [0.25, 0.3) is 11.0 Å². The van der Waals surface area contributed by atoms with Gasteiger partial charge in [0.2, 0.25) is 0 Å². The zero-order chi connectivity index (χ0) is 25.0. The van der Waals surface area contributed by atoms with Crippen molar-refractivity contribution in [2.75, 3.05) is 13.1 Å².